The Hall–Kier alpha value is -3.48. The van der Waals surface area contributed by atoms with Gasteiger partial charge in [0, 0.05) is 19.2 Å². The molecule has 3 aliphatic rings. The molecular weight excluding hydrogens is 398 g/mol. The molecule has 0 aromatic heterocycles. The lowest BCUT2D eigenvalue weighted by Crippen LogP contribution is -2.40. The van der Waals surface area contributed by atoms with E-state index in [9.17, 15) is 9.59 Å². The third-order valence-corrected chi connectivity index (χ3v) is 5.83. The molecule has 0 spiro atoms. The largest absolute Gasteiger partial charge is 0.484 e. The predicted octanol–water partition coefficient (Wildman–Crippen LogP) is 3.67. The van der Waals surface area contributed by atoms with Gasteiger partial charge in [-0.15, -0.1) is 0 Å². The minimum absolute atomic E-state index is 0.0206. The summed E-state index contributed by atoms with van der Waals surface area (Å²) in [5.74, 6) is 2.91. The van der Waals surface area contributed by atoms with Gasteiger partial charge >= 0.3 is 0 Å². The van der Waals surface area contributed by atoms with Crippen LogP contribution in [-0.4, -0.2) is 43.1 Å². The number of likely N-dealkylation sites (tertiary alicyclic amines) is 1. The molecule has 2 aromatic rings. The van der Waals surface area contributed by atoms with Gasteiger partial charge in [0.25, 0.3) is 5.91 Å². The number of ether oxygens (including phenoxy) is 4. The van der Waals surface area contributed by atoms with Crippen LogP contribution in [0.25, 0.3) is 6.08 Å². The number of nitrogens with zero attached hydrogens (tertiary/aromatic N) is 1. The van der Waals surface area contributed by atoms with E-state index in [-0.39, 0.29) is 30.8 Å². The number of benzene rings is 2. The first kappa shape index (κ1) is 19.5. The number of fused-ring (bicyclic) bond motifs is 2. The standard InChI is InChI=1S/C24H23NO6/c1-15-6-8-25(9-7-15)23(26)13-28-17-3-4-18-20(12-17)31-22(24(18)27)11-16-2-5-19-21(10-16)30-14-29-19/h2-5,10-12,15H,6-9,13-14H2,1H3. The summed E-state index contributed by atoms with van der Waals surface area (Å²) >= 11 is 0. The zero-order valence-electron chi connectivity index (χ0n) is 17.3. The number of carbonyl (C=O) groups is 2. The quantitative estimate of drug-likeness (QED) is 0.702. The Morgan fingerprint density at radius 3 is 2.74 bits per heavy atom. The van der Waals surface area contributed by atoms with E-state index in [1.165, 1.54) is 0 Å². The highest BCUT2D eigenvalue weighted by molar-refractivity contribution is 6.14. The zero-order valence-corrected chi connectivity index (χ0v) is 17.3. The molecule has 0 N–H and O–H groups in total. The van der Waals surface area contributed by atoms with Crippen molar-refractivity contribution in [2.75, 3.05) is 26.5 Å². The summed E-state index contributed by atoms with van der Waals surface area (Å²) in [6, 6.07) is 10.4. The normalized spacial score (nSPS) is 18.8. The van der Waals surface area contributed by atoms with Crippen LogP contribution in [0, 0.1) is 5.92 Å². The highest BCUT2D eigenvalue weighted by atomic mass is 16.7. The van der Waals surface area contributed by atoms with Gasteiger partial charge in [-0.3, -0.25) is 9.59 Å². The molecule has 0 radical (unpaired) electrons. The van der Waals surface area contributed by atoms with Gasteiger partial charge in [0.2, 0.25) is 12.6 Å². The summed E-state index contributed by atoms with van der Waals surface area (Å²) in [7, 11) is 0. The van der Waals surface area contributed by atoms with E-state index in [2.05, 4.69) is 6.92 Å². The maximum atomic E-state index is 12.7. The molecule has 5 rings (SSSR count). The predicted molar refractivity (Wildman–Crippen MR) is 112 cm³/mol. The molecule has 160 valence electrons. The van der Waals surface area contributed by atoms with E-state index >= 15 is 0 Å². The van der Waals surface area contributed by atoms with Gasteiger partial charge < -0.3 is 23.8 Å². The van der Waals surface area contributed by atoms with Gasteiger partial charge in [-0.2, -0.15) is 0 Å². The smallest absolute Gasteiger partial charge is 0.260 e. The first-order valence-corrected chi connectivity index (χ1v) is 10.5. The van der Waals surface area contributed by atoms with E-state index in [0.29, 0.717) is 34.5 Å². The summed E-state index contributed by atoms with van der Waals surface area (Å²) in [5, 5.41) is 0. The van der Waals surface area contributed by atoms with Crippen LogP contribution in [0.3, 0.4) is 0 Å². The van der Waals surface area contributed by atoms with E-state index in [4.69, 9.17) is 18.9 Å². The van der Waals surface area contributed by atoms with Crippen molar-refractivity contribution in [3.63, 3.8) is 0 Å². The molecule has 1 amide bonds. The lowest BCUT2D eigenvalue weighted by molar-refractivity contribution is -0.134. The average molecular weight is 421 g/mol. The summed E-state index contributed by atoms with van der Waals surface area (Å²) in [6.07, 6.45) is 3.73. The summed E-state index contributed by atoms with van der Waals surface area (Å²) in [5.41, 5.74) is 1.24. The SMILES string of the molecule is CC1CCN(C(=O)COc2ccc3c(c2)OC(=Cc2ccc4c(c2)OCO4)C3=O)CC1. The number of Topliss-reactive ketones (excluding diaryl/α,β-unsaturated/α-hetero) is 1. The van der Waals surface area contributed by atoms with E-state index < -0.39 is 0 Å². The molecule has 0 aliphatic carbocycles. The second kappa shape index (κ2) is 7.98. The molecular formula is C24H23NO6. The summed E-state index contributed by atoms with van der Waals surface area (Å²) in [4.78, 5) is 26.9. The second-order valence-corrected chi connectivity index (χ2v) is 8.06. The molecule has 0 bridgehead atoms. The molecule has 2 aromatic carbocycles. The fourth-order valence-corrected chi connectivity index (χ4v) is 3.91. The fourth-order valence-electron chi connectivity index (χ4n) is 3.91. The van der Waals surface area contributed by atoms with E-state index in [0.717, 1.165) is 31.5 Å². The molecule has 7 heteroatoms. The number of hydrogen-bond acceptors (Lipinski definition) is 6. The molecule has 0 saturated carbocycles. The molecule has 1 saturated heterocycles. The van der Waals surface area contributed by atoms with Crippen LogP contribution in [-0.2, 0) is 4.79 Å². The molecule has 31 heavy (non-hydrogen) atoms. The molecule has 0 atom stereocenters. The van der Waals surface area contributed by atoms with Crippen molar-refractivity contribution in [2.24, 2.45) is 5.92 Å². The monoisotopic (exact) mass is 421 g/mol. The Bertz CT molecular complexity index is 1070. The van der Waals surface area contributed by atoms with Gasteiger partial charge in [-0.1, -0.05) is 13.0 Å². The Labute approximate surface area is 180 Å². The van der Waals surface area contributed by atoms with Crippen LogP contribution in [0.5, 0.6) is 23.0 Å². The average Bonchev–Trinajstić information content (AvgIpc) is 3.36. The van der Waals surface area contributed by atoms with Crippen LogP contribution >= 0.6 is 0 Å². The number of amides is 1. The van der Waals surface area contributed by atoms with Crippen LogP contribution in [0.15, 0.2) is 42.2 Å². The van der Waals surface area contributed by atoms with Crippen LogP contribution in [0.2, 0.25) is 0 Å². The van der Waals surface area contributed by atoms with Crippen molar-refractivity contribution in [2.45, 2.75) is 19.8 Å². The highest BCUT2D eigenvalue weighted by Gasteiger charge is 2.28. The Balaban J connectivity index is 1.25. The maximum Gasteiger partial charge on any atom is 0.260 e. The topological polar surface area (TPSA) is 74.3 Å². The fraction of sp³-hybridized carbons (Fsp3) is 0.333. The number of allylic oxidation sites excluding steroid dienone is 1. The molecule has 1 fully saturated rings. The van der Waals surface area contributed by atoms with Gasteiger partial charge in [-0.25, -0.2) is 0 Å². The first-order chi connectivity index (χ1) is 15.1. The van der Waals surface area contributed by atoms with Crippen molar-refractivity contribution >= 4 is 17.8 Å². The van der Waals surface area contributed by atoms with E-state index in [1.807, 2.05) is 11.0 Å². The molecule has 3 heterocycles. The minimum atomic E-state index is -0.197. The third-order valence-electron chi connectivity index (χ3n) is 5.83. The number of ketones is 1. The van der Waals surface area contributed by atoms with Crippen molar-refractivity contribution in [1.29, 1.82) is 0 Å². The Morgan fingerprint density at radius 2 is 1.90 bits per heavy atom. The number of rotatable bonds is 4. The minimum Gasteiger partial charge on any atom is -0.484 e. The van der Waals surface area contributed by atoms with Crippen LogP contribution in [0.1, 0.15) is 35.7 Å². The lowest BCUT2D eigenvalue weighted by Gasteiger charge is -2.30. The van der Waals surface area contributed by atoms with Gasteiger partial charge in [0.05, 0.1) is 5.56 Å². The highest BCUT2D eigenvalue weighted by Crippen LogP contribution is 2.37. The van der Waals surface area contributed by atoms with Crippen molar-refractivity contribution in [3.8, 4) is 23.0 Å². The lowest BCUT2D eigenvalue weighted by atomic mass is 9.99. The number of carbonyl (C=O) groups excluding carboxylic acids is 2. The number of piperidine rings is 1. The molecule has 0 unspecified atom stereocenters. The van der Waals surface area contributed by atoms with Gasteiger partial charge in [-0.05, 0) is 54.7 Å². The van der Waals surface area contributed by atoms with Gasteiger partial charge in [0.15, 0.2) is 23.9 Å². The van der Waals surface area contributed by atoms with Crippen molar-refractivity contribution in [1.82, 2.24) is 4.90 Å². The van der Waals surface area contributed by atoms with Crippen LogP contribution < -0.4 is 18.9 Å². The second-order valence-electron chi connectivity index (χ2n) is 8.06. The van der Waals surface area contributed by atoms with Gasteiger partial charge in [0.1, 0.15) is 11.5 Å². The molecule has 7 nitrogen and oxygen atoms in total. The molecule has 3 aliphatic heterocycles. The maximum absolute atomic E-state index is 12.7. The summed E-state index contributed by atoms with van der Waals surface area (Å²) in [6.45, 7) is 3.93. The Morgan fingerprint density at radius 1 is 1.10 bits per heavy atom. The first-order valence-electron chi connectivity index (χ1n) is 10.5. The third kappa shape index (κ3) is 3.95. The van der Waals surface area contributed by atoms with E-state index in [1.54, 1.807) is 36.4 Å². The van der Waals surface area contributed by atoms with Crippen LogP contribution in [0.4, 0.5) is 0 Å². The summed E-state index contributed by atoms with van der Waals surface area (Å²) < 4.78 is 22.2. The van der Waals surface area contributed by atoms with Crippen molar-refractivity contribution < 1.29 is 28.5 Å². The zero-order chi connectivity index (χ0) is 21.4. The number of hydrogen-bond donors (Lipinski definition) is 0. The Kier molecular flexibility index (Phi) is 5.02. The van der Waals surface area contributed by atoms with Crippen molar-refractivity contribution in [3.05, 3.63) is 53.3 Å².